The Morgan fingerprint density at radius 3 is 2.89 bits per heavy atom. The van der Waals surface area contributed by atoms with Crippen LogP contribution in [0.4, 0.5) is 11.4 Å². The molecular formula is C18H16ClN3O5. The third kappa shape index (κ3) is 4.73. The second-order valence-electron chi connectivity index (χ2n) is 5.60. The summed E-state index contributed by atoms with van der Waals surface area (Å²) in [5.74, 6) is -1.03. The zero-order chi connectivity index (χ0) is 19.2. The Kier molecular flexibility index (Phi) is 5.87. The molecule has 1 aromatic carbocycles. The summed E-state index contributed by atoms with van der Waals surface area (Å²) >= 11 is 5.85. The maximum absolute atomic E-state index is 12.3. The second kappa shape index (κ2) is 8.50. The van der Waals surface area contributed by atoms with Crippen molar-refractivity contribution in [3.05, 3.63) is 47.7 Å². The van der Waals surface area contributed by atoms with Crippen molar-refractivity contribution in [1.82, 2.24) is 4.98 Å². The Labute approximate surface area is 160 Å². The molecule has 140 valence electrons. The van der Waals surface area contributed by atoms with Crippen LogP contribution in [0.3, 0.4) is 0 Å². The van der Waals surface area contributed by atoms with Gasteiger partial charge in [0.2, 0.25) is 5.91 Å². The molecule has 8 nitrogen and oxygen atoms in total. The highest BCUT2D eigenvalue weighted by atomic mass is 35.5. The molecule has 9 heteroatoms. The van der Waals surface area contributed by atoms with E-state index >= 15 is 0 Å². The van der Waals surface area contributed by atoms with Crippen LogP contribution in [0.15, 0.2) is 42.6 Å². The number of hydrogen-bond acceptors (Lipinski definition) is 6. The first kappa shape index (κ1) is 18.7. The molecule has 1 aliphatic heterocycles. The number of nitrogens with zero attached hydrogens (tertiary/aromatic N) is 2. The van der Waals surface area contributed by atoms with Gasteiger partial charge in [0.05, 0.1) is 24.4 Å². The van der Waals surface area contributed by atoms with E-state index in [0.29, 0.717) is 17.1 Å². The van der Waals surface area contributed by atoms with Gasteiger partial charge < -0.3 is 14.8 Å². The van der Waals surface area contributed by atoms with E-state index in [2.05, 4.69) is 10.3 Å². The summed E-state index contributed by atoms with van der Waals surface area (Å²) in [4.78, 5) is 41.4. The average molecular weight is 390 g/mol. The number of hydrogen-bond donors (Lipinski definition) is 1. The standard InChI is InChI=1S/C18H16ClN3O5/c19-18-12(4-3-8-20-18)21-15(23)11-27-17(25)10-22-13-5-1-2-6-14(13)26-9-7-16(22)24/h1-6,8H,7,9-11H2,(H,21,23). The number of pyridine rings is 1. The van der Waals surface area contributed by atoms with Crippen LogP contribution < -0.4 is 15.0 Å². The SMILES string of the molecule is O=C(COC(=O)CN1C(=O)CCOc2ccccc21)Nc1cccnc1Cl. The smallest absolute Gasteiger partial charge is 0.326 e. The molecule has 3 rings (SSSR count). The molecule has 0 bridgehead atoms. The number of anilines is 2. The largest absolute Gasteiger partial charge is 0.491 e. The fourth-order valence-corrected chi connectivity index (χ4v) is 2.65. The van der Waals surface area contributed by atoms with Gasteiger partial charge in [-0.05, 0) is 24.3 Å². The number of carbonyl (C=O) groups excluding carboxylic acids is 3. The van der Waals surface area contributed by atoms with Gasteiger partial charge in [0.15, 0.2) is 11.8 Å². The van der Waals surface area contributed by atoms with E-state index in [9.17, 15) is 14.4 Å². The fraction of sp³-hybridized carbons (Fsp3) is 0.222. The summed E-state index contributed by atoms with van der Waals surface area (Å²) in [5, 5.41) is 2.62. The number of esters is 1. The predicted octanol–water partition coefficient (Wildman–Crippen LogP) is 2.03. The third-order valence-electron chi connectivity index (χ3n) is 3.72. The second-order valence-corrected chi connectivity index (χ2v) is 5.95. The maximum Gasteiger partial charge on any atom is 0.326 e. The van der Waals surface area contributed by atoms with E-state index < -0.39 is 18.5 Å². The lowest BCUT2D eigenvalue weighted by Gasteiger charge is -2.20. The maximum atomic E-state index is 12.3. The summed E-state index contributed by atoms with van der Waals surface area (Å²) in [5.41, 5.74) is 0.803. The number of fused-ring (bicyclic) bond motifs is 1. The summed E-state index contributed by atoms with van der Waals surface area (Å²) < 4.78 is 10.5. The number of para-hydroxylation sites is 2. The van der Waals surface area contributed by atoms with Gasteiger partial charge >= 0.3 is 5.97 Å². The van der Waals surface area contributed by atoms with Gasteiger partial charge in [-0.15, -0.1) is 0 Å². The molecule has 2 heterocycles. The molecule has 0 unspecified atom stereocenters. The zero-order valence-corrected chi connectivity index (χ0v) is 14.9. The van der Waals surface area contributed by atoms with Crippen LogP contribution in [0.5, 0.6) is 5.75 Å². The fourth-order valence-electron chi connectivity index (χ4n) is 2.48. The normalized spacial score (nSPS) is 13.2. The molecule has 2 amide bonds. The van der Waals surface area contributed by atoms with Crippen molar-refractivity contribution in [2.45, 2.75) is 6.42 Å². The summed E-state index contributed by atoms with van der Waals surface area (Å²) in [6, 6.07) is 10.1. The van der Waals surface area contributed by atoms with Crippen LogP contribution in [0.2, 0.25) is 5.15 Å². The number of carbonyl (C=O) groups is 3. The van der Waals surface area contributed by atoms with Crippen molar-refractivity contribution in [3.8, 4) is 5.75 Å². The van der Waals surface area contributed by atoms with Crippen LogP contribution in [0.1, 0.15) is 6.42 Å². The molecule has 1 aliphatic rings. The molecule has 0 fully saturated rings. The van der Waals surface area contributed by atoms with Crippen molar-refractivity contribution in [3.63, 3.8) is 0 Å². The van der Waals surface area contributed by atoms with Crippen molar-refractivity contribution in [2.24, 2.45) is 0 Å². The number of amides is 2. The lowest BCUT2D eigenvalue weighted by molar-refractivity contribution is -0.146. The van der Waals surface area contributed by atoms with Crippen molar-refractivity contribution in [1.29, 1.82) is 0 Å². The molecule has 0 radical (unpaired) electrons. The van der Waals surface area contributed by atoms with Crippen LogP contribution in [-0.4, -0.2) is 42.5 Å². The molecule has 0 aliphatic carbocycles. The average Bonchev–Trinajstić information content (AvgIpc) is 2.81. The Balaban J connectivity index is 1.58. The molecule has 0 atom stereocenters. The number of rotatable bonds is 5. The molecular weight excluding hydrogens is 374 g/mol. The highest BCUT2D eigenvalue weighted by Crippen LogP contribution is 2.30. The Bertz CT molecular complexity index is 874. The first-order chi connectivity index (χ1) is 13.0. The van der Waals surface area contributed by atoms with Crippen molar-refractivity contribution < 1.29 is 23.9 Å². The van der Waals surface area contributed by atoms with E-state index in [1.807, 2.05) is 0 Å². The van der Waals surface area contributed by atoms with Crippen LogP contribution in [-0.2, 0) is 19.1 Å². The molecule has 2 aromatic rings. The minimum Gasteiger partial charge on any atom is -0.491 e. The minimum atomic E-state index is -0.715. The first-order valence-corrected chi connectivity index (χ1v) is 8.50. The van der Waals surface area contributed by atoms with Crippen LogP contribution in [0, 0.1) is 0 Å². The lowest BCUT2D eigenvalue weighted by atomic mass is 10.2. The van der Waals surface area contributed by atoms with E-state index in [1.165, 1.54) is 11.1 Å². The monoisotopic (exact) mass is 389 g/mol. The number of halogens is 1. The minimum absolute atomic E-state index is 0.129. The van der Waals surface area contributed by atoms with E-state index in [1.54, 1.807) is 36.4 Å². The van der Waals surface area contributed by atoms with Crippen LogP contribution in [0.25, 0.3) is 0 Å². The van der Waals surface area contributed by atoms with E-state index in [0.717, 1.165) is 0 Å². The van der Waals surface area contributed by atoms with Gasteiger partial charge in [-0.3, -0.25) is 19.3 Å². The Morgan fingerprint density at radius 1 is 1.26 bits per heavy atom. The van der Waals surface area contributed by atoms with Crippen molar-refractivity contribution >= 4 is 40.8 Å². The first-order valence-electron chi connectivity index (χ1n) is 8.13. The predicted molar refractivity (Wildman–Crippen MR) is 97.7 cm³/mol. The molecule has 27 heavy (non-hydrogen) atoms. The third-order valence-corrected chi connectivity index (χ3v) is 4.02. The number of nitrogens with one attached hydrogen (secondary N) is 1. The topological polar surface area (TPSA) is 97.8 Å². The highest BCUT2D eigenvalue weighted by molar-refractivity contribution is 6.32. The van der Waals surface area contributed by atoms with Gasteiger partial charge in [-0.2, -0.15) is 0 Å². The van der Waals surface area contributed by atoms with Crippen LogP contribution >= 0.6 is 11.6 Å². The summed E-state index contributed by atoms with van der Waals surface area (Å²) in [7, 11) is 0. The zero-order valence-electron chi connectivity index (χ0n) is 14.2. The highest BCUT2D eigenvalue weighted by Gasteiger charge is 2.25. The van der Waals surface area contributed by atoms with E-state index in [4.69, 9.17) is 21.1 Å². The van der Waals surface area contributed by atoms with Crippen molar-refractivity contribution in [2.75, 3.05) is 30.0 Å². The van der Waals surface area contributed by atoms with Gasteiger partial charge in [0.25, 0.3) is 5.91 Å². The van der Waals surface area contributed by atoms with Gasteiger partial charge in [-0.1, -0.05) is 23.7 Å². The Morgan fingerprint density at radius 2 is 2.07 bits per heavy atom. The number of benzene rings is 1. The van der Waals surface area contributed by atoms with Gasteiger partial charge in [0.1, 0.15) is 12.3 Å². The van der Waals surface area contributed by atoms with Gasteiger partial charge in [-0.25, -0.2) is 4.98 Å². The van der Waals surface area contributed by atoms with Gasteiger partial charge in [0, 0.05) is 6.20 Å². The Hall–Kier alpha value is -3.13. The molecule has 0 saturated carbocycles. The number of aromatic nitrogens is 1. The quantitative estimate of drug-likeness (QED) is 0.620. The summed E-state index contributed by atoms with van der Waals surface area (Å²) in [6.07, 6.45) is 1.62. The van der Waals surface area contributed by atoms with E-state index in [-0.39, 0.29) is 30.6 Å². The molecule has 1 N–H and O–H groups in total. The molecule has 0 spiro atoms. The lowest BCUT2D eigenvalue weighted by Crippen LogP contribution is -2.37. The summed E-state index contributed by atoms with van der Waals surface area (Å²) in [6.45, 7) is -0.597. The molecule has 0 saturated heterocycles. The molecule has 1 aromatic heterocycles. The number of ether oxygens (including phenoxy) is 2.